The molecule has 0 aliphatic carbocycles. The predicted molar refractivity (Wildman–Crippen MR) is 107 cm³/mol. The van der Waals surface area contributed by atoms with Crippen LogP contribution in [0.2, 0.25) is 0 Å². The minimum atomic E-state index is -4.10. The topological polar surface area (TPSA) is 80.8 Å². The molecule has 7 heteroatoms. The molecule has 0 heterocycles. The van der Waals surface area contributed by atoms with E-state index in [-0.39, 0.29) is 22.6 Å². The van der Waals surface area contributed by atoms with Gasteiger partial charge in [-0.3, -0.25) is 4.79 Å². The van der Waals surface area contributed by atoms with Crippen LogP contribution in [0.5, 0.6) is 0 Å². The number of carbonyl (C=O) groups is 2. The Bertz CT molecular complexity index is 1000. The Morgan fingerprint density at radius 3 is 2.00 bits per heavy atom. The first-order chi connectivity index (χ1) is 13.1. The Labute approximate surface area is 165 Å². The smallest absolute Gasteiger partial charge is 0.337 e. The van der Waals surface area contributed by atoms with E-state index in [9.17, 15) is 18.0 Å². The normalized spacial score (nSPS) is 11.0. The lowest BCUT2D eigenvalue weighted by molar-refractivity contribution is 0.0600. The molecule has 0 atom stereocenters. The molecule has 0 bridgehead atoms. The number of nitrogens with zero attached hydrogens (tertiary/aromatic N) is 1. The number of ether oxygens (including phenoxy) is 1. The Hall–Kier alpha value is -2.93. The molecular weight excluding hydrogens is 378 g/mol. The highest BCUT2D eigenvalue weighted by atomic mass is 32.2. The maximum absolute atomic E-state index is 13.3. The van der Waals surface area contributed by atoms with Gasteiger partial charge in [0.2, 0.25) is 0 Å². The van der Waals surface area contributed by atoms with E-state index in [1.165, 1.54) is 37.5 Å². The third-order valence-electron chi connectivity index (χ3n) is 4.23. The van der Waals surface area contributed by atoms with Crippen LogP contribution in [0.15, 0.2) is 53.9 Å². The standard InChI is InChI=1S/C21H23NO5S/c1-6-11-22(20(23)17-7-9-18(10-8-17)21(24)27-5)28(25,26)19-15(3)12-14(2)13-16(19)4/h6-10,12-13H,1,11H2,2-5H3. The second-order valence-electron chi connectivity index (χ2n) is 6.43. The van der Waals surface area contributed by atoms with Crippen molar-refractivity contribution in [3.05, 3.63) is 76.9 Å². The molecule has 1 amide bonds. The van der Waals surface area contributed by atoms with Crippen LogP contribution < -0.4 is 0 Å². The molecule has 2 aromatic rings. The largest absolute Gasteiger partial charge is 0.465 e. The summed E-state index contributed by atoms with van der Waals surface area (Å²) < 4.78 is 32.0. The van der Waals surface area contributed by atoms with Crippen LogP contribution in [0.3, 0.4) is 0 Å². The number of benzene rings is 2. The van der Waals surface area contributed by atoms with Crippen molar-refractivity contribution in [1.82, 2.24) is 4.31 Å². The van der Waals surface area contributed by atoms with E-state index >= 15 is 0 Å². The molecule has 0 spiro atoms. The zero-order chi connectivity index (χ0) is 21.1. The van der Waals surface area contributed by atoms with Gasteiger partial charge < -0.3 is 4.74 Å². The number of methoxy groups -OCH3 is 1. The minimum absolute atomic E-state index is 0.111. The molecule has 0 unspecified atom stereocenters. The minimum Gasteiger partial charge on any atom is -0.465 e. The lowest BCUT2D eigenvalue weighted by Crippen LogP contribution is -2.37. The van der Waals surface area contributed by atoms with Gasteiger partial charge in [0.15, 0.2) is 0 Å². The Kier molecular flexibility index (Phi) is 6.41. The number of aryl methyl sites for hydroxylation is 3. The van der Waals surface area contributed by atoms with Gasteiger partial charge in [0.1, 0.15) is 0 Å². The van der Waals surface area contributed by atoms with Crippen LogP contribution in [0.25, 0.3) is 0 Å². The molecule has 2 rings (SSSR count). The number of hydrogen-bond donors (Lipinski definition) is 0. The van der Waals surface area contributed by atoms with Crippen molar-refractivity contribution < 1.29 is 22.7 Å². The SMILES string of the molecule is C=CCN(C(=O)c1ccc(C(=O)OC)cc1)S(=O)(=O)c1c(C)cc(C)cc1C. The average molecular weight is 401 g/mol. The Balaban J connectivity index is 2.51. The number of amides is 1. The van der Waals surface area contributed by atoms with Gasteiger partial charge in [-0.1, -0.05) is 23.8 Å². The van der Waals surface area contributed by atoms with Crippen LogP contribution >= 0.6 is 0 Å². The van der Waals surface area contributed by atoms with E-state index in [2.05, 4.69) is 11.3 Å². The predicted octanol–water partition coefficient (Wildman–Crippen LogP) is 3.42. The van der Waals surface area contributed by atoms with E-state index in [1.807, 2.05) is 6.92 Å². The van der Waals surface area contributed by atoms with Gasteiger partial charge in [0.25, 0.3) is 15.9 Å². The molecule has 0 radical (unpaired) electrons. The second-order valence-corrected chi connectivity index (χ2v) is 8.23. The van der Waals surface area contributed by atoms with Gasteiger partial charge in [-0.2, -0.15) is 0 Å². The summed E-state index contributed by atoms with van der Waals surface area (Å²) in [6.45, 7) is 8.68. The fourth-order valence-corrected chi connectivity index (χ4v) is 4.88. The quantitative estimate of drug-likeness (QED) is 0.547. The average Bonchev–Trinajstić information content (AvgIpc) is 2.63. The van der Waals surface area contributed by atoms with Crippen molar-refractivity contribution >= 4 is 21.9 Å². The summed E-state index contributed by atoms with van der Waals surface area (Å²) in [5.41, 5.74) is 2.48. The van der Waals surface area contributed by atoms with E-state index < -0.39 is 21.9 Å². The van der Waals surface area contributed by atoms with Gasteiger partial charge in [-0.05, 0) is 56.2 Å². The second kappa shape index (κ2) is 8.39. The molecule has 0 aliphatic heterocycles. The number of carbonyl (C=O) groups excluding carboxylic acids is 2. The summed E-state index contributed by atoms with van der Waals surface area (Å²) in [5.74, 6) is -1.24. The molecule has 6 nitrogen and oxygen atoms in total. The third kappa shape index (κ3) is 4.14. The van der Waals surface area contributed by atoms with Crippen molar-refractivity contribution in [2.24, 2.45) is 0 Å². The summed E-state index contributed by atoms with van der Waals surface area (Å²) >= 11 is 0. The molecule has 0 aliphatic rings. The summed E-state index contributed by atoms with van der Waals surface area (Å²) in [7, 11) is -2.84. The number of rotatable bonds is 6. The maximum Gasteiger partial charge on any atom is 0.337 e. The highest BCUT2D eigenvalue weighted by Gasteiger charge is 2.32. The van der Waals surface area contributed by atoms with Crippen molar-refractivity contribution in [1.29, 1.82) is 0 Å². The lowest BCUT2D eigenvalue weighted by atomic mass is 10.1. The van der Waals surface area contributed by atoms with Crippen LogP contribution in [0.4, 0.5) is 0 Å². The van der Waals surface area contributed by atoms with E-state index in [1.54, 1.807) is 26.0 Å². The summed E-state index contributed by atoms with van der Waals surface area (Å²) in [6.07, 6.45) is 1.36. The van der Waals surface area contributed by atoms with Gasteiger partial charge in [0, 0.05) is 5.56 Å². The molecule has 28 heavy (non-hydrogen) atoms. The summed E-state index contributed by atoms with van der Waals surface area (Å²) in [6, 6.07) is 9.16. The Morgan fingerprint density at radius 2 is 1.54 bits per heavy atom. The first kappa shape index (κ1) is 21.4. The van der Waals surface area contributed by atoms with Gasteiger partial charge in [0.05, 0.1) is 24.1 Å². The van der Waals surface area contributed by atoms with Crippen LogP contribution in [-0.4, -0.2) is 38.3 Å². The first-order valence-electron chi connectivity index (χ1n) is 8.57. The number of sulfonamides is 1. The van der Waals surface area contributed by atoms with Crippen molar-refractivity contribution in [2.45, 2.75) is 25.7 Å². The molecule has 0 fully saturated rings. The number of esters is 1. The molecule has 0 saturated heterocycles. The fraction of sp³-hybridized carbons (Fsp3) is 0.238. The zero-order valence-electron chi connectivity index (χ0n) is 16.4. The van der Waals surface area contributed by atoms with Crippen LogP contribution in [-0.2, 0) is 14.8 Å². The molecule has 0 N–H and O–H groups in total. The molecule has 0 aromatic heterocycles. The molecule has 0 saturated carbocycles. The molecule has 148 valence electrons. The lowest BCUT2D eigenvalue weighted by Gasteiger charge is -2.23. The first-order valence-corrected chi connectivity index (χ1v) is 10.0. The van der Waals surface area contributed by atoms with Crippen molar-refractivity contribution in [3.8, 4) is 0 Å². The van der Waals surface area contributed by atoms with Crippen molar-refractivity contribution in [2.75, 3.05) is 13.7 Å². The third-order valence-corrected chi connectivity index (χ3v) is 6.28. The van der Waals surface area contributed by atoms with Crippen LogP contribution in [0, 0.1) is 20.8 Å². The monoisotopic (exact) mass is 401 g/mol. The van der Waals surface area contributed by atoms with Gasteiger partial charge >= 0.3 is 5.97 Å². The molecular formula is C21H23NO5S. The molecule has 2 aromatic carbocycles. The van der Waals surface area contributed by atoms with Gasteiger partial charge in [-0.25, -0.2) is 17.5 Å². The highest BCUT2D eigenvalue weighted by molar-refractivity contribution is 7.89. The highest BCUT2D eigenvalue weighted by Crippen LogP contribution is 2.26. The fourth-order valence-electron chi connectivity index (χ4n) is 3.10. The van der Waals surface area contributed by atoms with E-state index in [4.69, 9.17) is 0 Å². The van der Waals surface area contributed by atoms with Crippen LogP contribution in [0.1, 0.15) is 37.4 Å². The van der Waals surface area contributed by atoms with E-state index in [0.717, 1.165) is 9.87 Å². The number of hydrogen-bond acceptors (Lipinski definition) is 5. The summed E-state index contributed by atoms with van der Waals surface area (Å²) in [5, 5.41) is 0. The maximum atomic E-state index is 13.3. The van der Waals surface area contributed by atoms with E-state index in [0.29, 0.717) is 11.1 Å². The van der Waals surface area contributed by atoms with Crippen molar-refractivity contribution in [3.63, 3.8) is 0 Å². The van der Waals surface area contributed by atoms with Gasteiger partial charge in [-0.15, -0.1) is 6.58 Å². The zero-order valence-corrected chi connectivity index (χ0v) is 17.2. The summed E-state index contributed by atoms with van der Waals surface area (Å²) in [4.78, 5) is 24.6. The Morgan fingerprint density at radius 1 is 1.04 bits per heavy atom.